The minimum Gasteiger partial charge on any atom is -0.351 e. The van der Waals surface area contributed by atoms with Crippen molar-refractivity contribution in [1.82, 2.24) is 20.0 Å². The van der Waals surface area contributed by atoms with E-state index < -0.39 is 0 Å². The van der Waals surface area contributed by atoms with E-state index in [2.05, 4.69) is 33.6 Å². The minimum absolute atomic E-state index is 0.552. The average molecular weight is 253 g/mol. The van der Waals surface area contributed by atoms with E-state index in [1.165, 1.54) is 5.56 Å². The smallest absolute Gasteiger partial charge is 0.127 e. The van der Waals surface area contributed by atoms with Crippen LogP contribution >= 0.6 is 0 Å². The van der Waals surface area contributed by atoms with E-state index in [1.54, 1.807) is 0 Å². The second-order valence-corrected chi connectivity index (χ2v) is 4.58. The highest BCUT2D eigenvalue weighted by atomic mass is 15.5. The lowest BCUT2D eigenvalue weighted by Crippen LogP contribution is -2.10. The first kappa shape index (κ1) is 11.6. The van der Waals surface area contributed by atoms with E-state index in [-0.39, 0.29) is 0 Å². The molecule has 96 valence electrons. The summed E-state index contributed by atoms with van der Waals surface area (Å²) in [6.07, 6.45) is 0. The van der Waals surface area contributed by atoms with Crippen LogP contribution in [-0.2, 0) is 6.67 Å². The molecule has 0 aliphatic rings. The van der Waals surface area contributed by atoms with Crippen LogP contribution in [0.4, 0.5) is 5.82 Å². The molecule has 3 rings (SSSR count). The zero-order chi connectivity index (χ0) is 13.2. The van der Waals surface area contributed by atoms with Crippen molar-refractivity contribution in [2.75, 3.05) is 5.32 Å². The number of hydrogen-bond acceptors (Lipinski definition) is 4. The third-order valence-electron chi connectivity index (χ3n) is 2.93. The van der Waals surface area contributed by atoms with Gasteiger partial charge in [0.1, 0.15) is 18.0 Å². The molecule has 0 atom stereocenters. The summed E-state index contributed by atoms with van der Waals surface area (Å²) in [5, 5.41) is 11.5. The Morgan fingerprint density at radius 2 is 2.00 bits per heavy atom. The first-order valence-electron chi connectivity index (χ1n) is 6.20. The molecule has 2 heterocycles. The maximum atomic E-state index is 4.44. The van der Waals surface area contributed by atoms with Gasteiger partial charge in [-0.15, -0.1) is 5.10 Å². The number of rotatable bonds is 3. The molecule has 1 aromatic carbocycles. The molecule has 0 unspecified atom stereocenters. The largest absolute Gasteiger partial charge is 0.351 e. The van der Waals surface area contributed by atoms with Crippen molar-refractivity contribution in [2.24, 2.45) is 0 Å². The van der Waals surface area contributed by atoms with Crippen LogP contribution < -0.4 is 5.32 Å². The van der Waals surface area contributed by atoms with Gasteiger partial charge in [-0.2, -0.15) is 0 Å². The van der Waals surface area contributed by atoms with Crippen molar-refractivity contribution in [3.8, 4) is 0 Å². The second-order valence-electron chi connectivity index (χ2n) is 4.58. The first-order valence-corrected chi connectivity index (χ1v) is 6.20. The van der Waals surface area contributed by atoms with Gasteiger partial charge in [0.25, 0.3) is 0 Å². The quantitative estimate of drug-likeness (QED) is 0.779. The van der Waals surface area contributed by atoms with Gasteiger partial charge in [0.15, 0.2) is 0 Å². The molecule has 0 aliphatic heterocycles. The summed E-state index contributed by atoms with van der Waals surface area (Å²) in [7, 11) is 0. The van der Waals surface area contributed by atoms with E-state index in [9.17, 15) is 0 Å². The molecule has 0 bridgehead atoms. The van der Waals surface area contributed by atoms with Gasteiger partial charge in [-0.25, -0.2) is 9.67 Å². The molecule has 0 aliphatic carbocycles. The van der Waals surface area contributed by atoms with Crippen molar-refractivity contribution < 1.29 is 0 Å². The monoisotopic (exact) mass is 253 g/mol. The molecular formula is C14H15N5. The Morgan fingerprint density at radius 3 is 2.84 bits per heavy atom. The molecule has 3 aromatic rings. The molecule has 5 heteroatoms. The molecular weight excluding hydrogens is 238 g/mol. The van der Waals surface area contributed by atoms with E-state index in [0.717, 1.165) is 22.5 Å². The van der Waals surface area contributed by atoms with Gasteiger partial charge < -0.3 is 5.32 Å². The van der Waals surface area contributed by atoms with E-state index >= 15 is 0 Å². The van der Waals surface area contributed by atoms with Gasteiger partial charge >= 0.3 is 0 Å². The van der Waals surface area contributed by atoms with Gasteiger partial charge in [0, 0.05) is 5.69 Å². The molecule has 5 nitrogen and oxygen atoms in total. The third kappa shape index (κ3) is 2.40. The summed E-state index contributed by atoms with van der Waals surface area (Å²) in [6, 6.07) is 12.0. The lowest BCUT2D eigenvalue weighted by atomic mass is 10.2. The first-order chi connectivity index (χ1) is 9.22. The van der Waals surface area contributed by atoms with Gasteiger partial charge in [0.05, 0.1) is 5.52 Å². The Hall–Kier alpha value is -2.43. The molecule has 0 radical (unpaired) electrons. The van der Waals surface area contributed by atoms with Crippen LogP contribution in [0.5, 0.6) is 0 Å². The van der Waals surface area contributed by atoms with Crippen LogP contribution in [0.15, 0.2) is 36.4 Å². The summed E-state index contributed by atoms with van der Waals surface area (Å²) in [5.74, 6) is 0.858. The van der Waals surface area contributed by atoms with Gasteiger partial charge in [0.2, 0.25) is 0 Å². The zero-order valence-electron chi connectivity index (χ0n) is 11.0. The van der Waals surface area contributed by atoms with E-state index in [0.29, 0.717) is 6.67 Å². The molecule has 0 saturated heterocycles. The highest BCUT2D eigenvalue weighted by Gasteiger charge is 2.03. The number of para-hydroxylation sites is 1. The minimum atomic E-state index is 0.552. The van der Waals surface area contributed by atoms with Gasteiger partial charge in [-0.05, 0) is 43.7 Å². The molecule has 0 saturated carbocycles. The van der Waals surface area contributed by atoms with Crippen molar-refractivity contribution in [1.29, 1.82) is 0 Å². The fourth-order valence-electron chi connectivity index (χ4n) is 2.12. The predicted molar refractivity (Wildman–Crippen MR) is 74.9 cm³/mol. The Balaban J connectivity index is 1.82. The summed E-state index contributed by atoms with van der Waals surface area (Å²) >= 11 is 0. The van der Waals surface area contributed by atoms with Crippen LogP contribution in [0.25, 0.3) is 11.0 Å². The Labute approximate surface area is 111 Å². The highest BCUT2D eigenvalue weighted by molar-refractivity contribution is 5.73. The van der Waals surface area contributed by atoms with Gasteiger partial charge in [-0.3, -0.25) is 0 Å². The molecule has 2 aromatic heterocycles. The maximum Gasteiger partial charge on any atom is 0.127 e. The Morgan fingerprint density at radius 1 is 1.16 bits per heavy atom. The predicted octanol–water partition coefficient (Wildman–Crippen LogP) is 2.51. The fourth-order valence-corrected chi connectivity index (χ4v) is 2.12. The maximum absolute atomic E-state index is 4.44. The van der Waals surface area contributed by atoms with Crippen LogP contribution in [0.3, 0.4) is 0 Å². The number of aromatic nitrogens is 4. The lowest BCUT2D eigenvalue weighted by Gasteiger charge is -2.07. The number of pyridine rings is 1. The standard InChI is InChI=1S/C14H15N5/c1-10-7-11(2)16-14(8-10)15-9-19-13-6-4-3-5-12(13)17-18-19/h3-8H,9H2,1-2H3,(H,15,16). The van der Waals surface area contributed by atoms with Crippen LogP contribution in [0.1, 0.15) is 11.3 Å². The van der Waals surface area contributed by atoms with Crippen LogP contribution in [0, 0.1) is 13.8 Å². The van der Waals surface area contributed by atoms with Crippen molar-refractivity contribution in [3.63, 3.8) is 0 Å². The lowest BCUT2D eigenvalue weighted by molar-refractivity contribution is 0.653. The van der Waals surface area contributed by atoms with Crippen molar-refractivity contribution in [2.45, 2.75) is 20.5 Å². The Bertz CT molecular complexity index is 696. The number of fused-ring (bicyclic) bond motifs is 1. The molecule has 0 fully saturated rings. The SMILES string of the molecule is Cc1cc(C)nc(NCn2nnc3ccccc32)c1. The summed E-state index contributed by atoms with van der Waals surface area (Å²) < 4.78 is 1.83. The Kier molecular flexibility index (Phi) is 2.87. The van der Waals surface area contributed by atoms with Crippen LogP contribution in [0.2, 0.25) is 0 Å². The number of benzene rings is 1. The normalized spacial score (nSPS) is 10.8. The zero-order valence-corrected chi connectivity index (χ0v) is 11.0. The van der Waals surface area contributed by atoms with E-state index in [4.69, 9.17) is 0 Å². The number of anilines is 1. The molecule has 0 amide bonds. The summed E-state index contributed by atoms with van der Waals surface area (Å²) in [5.41, 5.74) is 4.11. The number of nitrogens with one attached hydrogen (secondary N) is 1. The average Bonchev–Trinajstić information content (AvgIpc) is 2.78. The van der Waals surface area contributed by atoms with Crippen LogP contribution in [-0.4, -0.2) is 20.0 Å². The number of aryl methyl sites for hydroxylation is 2. The molecule has 1 N–H and O–H groups in total. The molecule has 19 heavy (non-hydrogen) atoms. The highest BCUT2D eigenvalue weighted by Crippen LogP contribution is 2.12. The fraction of sp³-hybridized carbons (Fsp3) is 0.214. The second kappa shape index (κ2) is 4.68. The van der Waals surface area contributed by atoms with Gasteiger partial charge in [-0.1, -0.05) is 17.3 Å². The van der Waals surface area contributed by atoms with Crippen molar-refractivity contribution in [3.05, 3.63) is 47.7 Å². The summed E-state index contributed by atoms with van der Waals surface area (Å²) in [4.78, 5) is 4.44. The van der Waals surface area contributed by atoms with E-state index in [1.807, 2.05) is 41.9 Å². The summed E-state index contributed by atoms with van der Waals surface area (Å²) in [6.45, 7) is 4.60. The molecule has 0 spiro atoms. The van der Waals surface area contributed by atoms with Crippen molar-refractivity contribution >= 4 is 16.9 Å². The topological polar surface area (TPSA) is 55.6 Å². The number of hydrogen-bond donors (Lipinski definition) is 1. The number of nitrogens with zero attached hydrogens (tertiary/aromatic N) is 4. The third-order valence-corrected chi connectivity index (χ3v) is 2.93.